The molecule has 1 atom stereocenters. The van der Waals surface area contributed by atoms with Crippen molar-refractivity contribution in [2.75, 3.05) is 11.9 Å². The molecule has 5 nitrogen and oxygen atoms in total. The molecule has 26 heavy (non-hydrogen) atoms. The van der Waals surface area contributed by atoms with Gasteiger partial charge in [0.25, 0.3) is 0 Å². The summed E-state index contributed by atoms with van der Waals surface area (Å²) >= 11 is 3.23. The highest BCUT2D eigenvalue weighted by molar-refractivity contribution is 7.15. The van der Waals surface area contributed by atoms with Crippen molar-refractivity contribution in [3.05, 3.63) is 62.8 Å². The van der Waals surface area contributed by atoms with E-state index in [4.69, 9.17) is 0 Å². The van der Waals surface area contributed by atoms with Crippen LogP contribution in [-0.2, 0) is 12.8 Å². The average Bonchev–Trinajstić information content (AvgIpc) is 3.30. The molecule has 3 heterocycles. The Labute approximate surface area is 160 Å². The molecule has 1 N–H and O–H groups in total. The lowest BCUT2D eigenvalue weighted by Gasteiger charge is -2.35. The number of aromatic nitrogens is 2. The fourth-order valence-corrected chi connectivity index (χ4v) is 5.08. The highest BCUT2D eigenvalue weighted by Crippen LogP contribution is 2.35. The number of rotatable bonds is 4. The van der Waals surface area contributed by atoms with Crippen LogP contribution in [0.25, 0.3) is 0 Å². The Bertz CT molecular complexity index is 890. The Kier molecular flexibility index (Phi) is 4.99. The topological polar surface area (TPSA) is 58.1 Å². The summed E-state index contributed by atoms with van der Waals surface area (Å²) in [6.07, 6.45) is 2.56. The molecule has 0 aliphatic carbocycles. The molecule has 0 saturated heterocycles. The fourth-order valence-electron chi connectivity index (χ4n) is 3.39. The monoisotopic (exact) mass is 384 g/mol. The average molecular weight is 385 g/mol. The quantitative estimate of drug-likeness (QED) is 0.707. The third-order valence-electron chi connectivity index (χ3n) is 4.62. The number of carbonyl (C=O) groups is 1. The van der Waals surface area contributed by atoms with E-state index in [2.05, 4.69) is 46.0 Å². The number of carbonyl (C=O) groups excluding carboxylic acids is 1. The van der Waals surface area contributed by atoms with Gasteiger partial charge in [0, 0.05) is 17.8 Å². The lowest BCUT2D eigenvalue weighted by molar-refractivity contribution is 0.181. The van der Waals surface area contributed by atoms with Gasteiger partial charge < -0.3 is 4.90 Å². The minimum Gasteiger partial charge on any atom is -0.317 e. The maximum Gasteiger partial charge on any atom is 0.324 e. The number of nitrogens with one attached hydrogen (secondary N) is 1. The van der Waals surface area contributed by atoms with E-state index < -0.39 is 0 Å². The smallest absolute Gasteiger partial charge is 0.317 e. The second-order valence-electron chi connectivity index (χ2n) is 6.26. The standard InChI is InChI=1S/C19H20N4OS2/c1-2-15-14-9-11-25-16(14)8-10-23(15)19(24)20-18-22-21-17(26-18)12-13-6-4-3-5-7-13/h3-7,9,11,15H,2,8,10,12H2,1H3,(H,20,22,24)/t15-/m1/s1. The number of fused-ring (bicyclic) bond motifs is 1. The SMILES string of the molecule is CC[C@@H]1c2ccsc2CCN1C(=O)Nc1nnc(Cc2ccccc2)s1. The van der Waals surface area contributed by atoms with Gasteiger partial charge in [-0.25, -0.2) is 4.79 Å². The molecule has 1 aliphatic heterocycles. The summed E-state index contributed by atoms with van der Waals surface area (Å²) in [5.74, 6) is 0. The van der Waals surface area contributed by atoms with Gasteiger partial charge in [-0.15, -0.1) is 21.5 Å². The second-order valence-corrected chi connectivity index (χ2v) is 8.32. The van der Waals surface area contributed by atoms with Crippen molar-refractivity contribution in [2.45, 2.75) is 32.2 Å². The fraction of sp³-hybridized carbons (Fsp3) is 0.316. The van der Waals surface area contributed by atoms with Crippen molar-refractivity contribution in [2.24, 2.45) is 0 Å². The Hall–Kier alpha value is -2.25. The normalized spacial score (nSPS) is 16.3. The van der Waals surface area contributed by atoms with Crippen LogP contribution in [0.15, 0.2) is 41.8 Å². The lowest BCUT2D eigenvalue weighted by Crippen LogP contribution is -2.41. The molecule has 0 bridgehead atoms. The first-order valence-electron chi connectivity index (χ1n) is 8.74. The van der Waals surface area contributed by atoms with Crippen LogP contribution in [0.3, 0.4) is 0 Å². The summed E-state index contributed by atoms with van der Waals surface area (Å²) in [4.78, 5) is 16.1. The summed E-state index contributed by atoms with van der Waals surface area (Å²) in [5.41, 5.74) is 2.48. The molecule has 1 aromatic carbocycles. The summed E-state index contributed by atoms with van der Waals surface area (Å²) in [7, 11) is 0. The number of nitrogens with zero attached hydrogens (tertiary/aromatic N) is 3. The molecule has 0 unspecified atom stereocenters. The molecular weight excluding hydrogens is 364 g/mol. The Balaban J connectivity index is 1.44. The number of hydrogen-bond acceptors (Lipinski definition) is 5. The van der Waals surface area contributed by atoms with Crippen LogP contribution in [0.2, 0.25) is 0 Å². The van der Waals surface area contributed by atoms with Gasteiger partial charge in [0.1, 0.15) is 5.01 Å². The number of urea groups is 1. The van der Waals surface area contributed by atoms with Gasteiger partial charge in [-0.2, -0.15) is 0 Å². The van der Waals surface area contributed by atoms with Crippen molar-refractivity contribution in [3.8, 4) is 0 Å². The number of amides is 2. The van der Waals surface area contributed by atoms with E-state index in [9.17, 15) is 4.79 Å². The van der Waals surface area contributed by atoms with Crippen molar-refractivity contribution in [1.82, 2.24) is 15.1 Å². The number of anilines is 1. The summed E-state index contributed by atoms with van der Waals surface area (Å²) in [5, 5.41) is 14.9. The molecule has 7 heteroatoms. The van der Waals surface area contributed by atoms with Crippen LogP contribution in [0, 0.1) is 0 Å². The van der Waals surface area contributed by atoms with Gasteiger partial charge in [-0.1, -0.05) is 48.6 Å². The van der Waals surface area contributed by atoms with Gasteiger partial charge in [0.2, 0.25) is 5.13 Å². The molecule has 2 amide bonds. The maximum atomic E-state index is 12.8. The van der Waals surface area contributed by atoms with Crippen LogP contribution < -0.4 is 5.32 Å². The van der Waals surface area contributed by atoms with Crippen molar-refractivity contribution in [3.63, 3.8) is 0 Å². The molecule has 2 aromatic heterocycles. The molecule has 0 saturated carbocycles. The van der Waals surface area contributed by atoms with E-state index in [0.717, 1.165) is 30.8 Å². The zero-order valence-corrected chi connectivity index (χ0v) is 16.1. The Morgan fingerprint density at radius 2 is 2.12 bits per heavy atom. The van der Waals surface area contributed by atoms with Crippen molar-refractivity contribution in [1.29, 1.82) is 0 Å². The van der Waals surface area contributed by atoms with Crippen molar-refractivity contribution >= 4 is 33.8 Å². The second kappa shape index (κ2) is 7.55. The van der Waals surface area contributed by atoms with E-state index in [1.165, 1.54) is 27.3 Å². The van der Waals surface area contributed by atoms with Gasteiger partial charge in [-0.05, 0) is 35.4 Å². The van der Waals surface area contributed by atoms with Crippen LogP contribution in [0.4, 0.5) is 9.93 Å². The van der Waals surface area contributed by atoms with Gasteiger partial charge >= 0.3 is 6.03 Å². The van der Waals surface area contributed by atoms with Crippen LogP contribution in [0.1, 0.15) is 40.4 Å². The third kappa shape index (κ3) is 3.50. The maximum absolute atomic E-state index is 12.8. The predicted octanol–water partition coefficient (Wildman–Crippen LogP) is 4.73. The summed E-state index contributed by atoms with van der Waals surface area (Å²) in [6.45, 7) is 2.87. The Morgan fingerprint density at radius 3 is 2.92 bits per heavy atom. The van der Waals surface area contributed by atoms with E-state index in [0.29, 0.717) is 5.13 Å². The molecule has 0 radical (unpaired) electrons. The summed E-state index contributed by atoms with van der Waals surface area (Å²) < 4.78 is 0. The molecule has 4 rings (SSSR count). The van der Waals surface area contributed by atoms with E-state index >= 15 is 0 Å². The van der Waals surface area contributed by atoms with E-state index in [-0.39, 0.29) is 12.1 Å². The predicted molar refractivity (Wildman–Crippen MR) is 106 cm³/mol. The molecule has 1 aliphatic rings. The van der Waals surface area contributed by atoms with Gasteiger partial charge in [-0.3, -0.25) is 5.32 Å². The van der Waals surface area contributed by atoms with E-state index in [1.807, 2.05) is 23.1 Å². The highest BCUT2D eigenvalue weighted by Gasteiger charge is 2.30. The largest absolute Gasteiger partial charge is 0.324 e. The summed E-state index contributed by atoms with van der Waals surface area (Å²) in [6, 6.07) is 12.4. The minimum atomic E-state index is -0.0869. The molecule has 0 fully saturated rings. The third-order valence-corrected chi connectivity index (χ3v) is 6.46. The van der Waals surface area contributed by atoms with E-state index in [1.54, 1.807) is 11.3 Å². The van der Waals surface area contributed by atoms with Crippen LogP contribution in [-0.4, -0.2) is 27.7 Å². The zero-order chi connectivity index (χ0) is 17.9. The van der Waals surface area contributed by atoms with Gasteiger partial charge in [0.05, 0.1) is 6.04 Å². The van der Waals surface area contributed by atoms with Crippen LogP contribution >= 0.6 is 22.7 Å². The zero-order valence-electron chi connectivity index (χ0n) is 14.5. The Morgan fingerprint density at radius 1 is 1.27 bits per heavy atom. The van der Waals surface area contributed by atoms with Gasteiger partial charge in [0.15, 0.2) is 0 Å². The number of benzene rings is 1. The highest BCUT2D eigenvalue weighted by atomic mass is 32.1. The molecular formula is C19H20N4OS2. The molecule has 3 aromatic rings. The molecule has 0 spiro atoms. The molecule has 134 valence electrons. The minimum absolute atomic E-state index is 0.0869. The van der Waals surface area contributed by atoms with Crippen molar-refractivity contribution < 1.29 is 4.79 Å². The first-order valence-corrected chi connectivity index (χ1v) is 10.4. The van der Waals surface area contributed by atoms with Crippen LogP contribution in [0.5, 0.6) is 0 Å². The number of thiophene rings is 1. The number of hydrogen-bond donors (Lipinski definition) is 1. The lowest BCUT2D eigenvalue weighted by atomic mass is 9.98. The first kappa shape index (κ1) is 17.2. The first-order chi connectivity index (χ1) is 12.7.